The molecule has 0 aromatic rings. The summed E-state index contributed by atoms with van der Waals surface area (Å²) in [4.78, 5) is 15.1. The fraction of sp³-hybridized carbons (Fsp3) is 0.667. The minimum atomic E-state index is -0.0571. The van der Waals surface area contributed by atoms with Gasteiger partial charge in [0.1, 0.15) is 12.9 Å². The molecule has 4 heteroatoms. The van der Waals surface area contributed by atoms with E-state index in [1.54, 1.807) is 13.8 Å². The lowest BCUT2D eigenvalue weighted by Gasteiger charge is -1.99. The standard InChI is InChI=1S/C6H12N2O2/c1-4-6(9)7-5(2)8-10-3/h4H2,1-3H3,(H,7,8,9). The van der Waals surface area contributed by atoms with Gasteiger partial charge < -0.3 is 10.2 Å². The zero-order chi connectivity index (χ0) is 7.98. The molecule has 0 aromatic carbocycles. The number of carbonyl (C=O) groups is 1. The normalized spacial score (nSPS) is 10.9. The van der Waals surface area contributed by atoms with Crippen molar-refractivity contribution >= 4 is 11.7 Å². The van der Waals surface area contributed by atoms with Crippen LogP contribution >= 0.6 is 0 Å². The number of nitrogens with zero attached hydrogens (tertiary/aromatic N) is 1. The van der Waals surface area contributed by atoms with Crippen LogP contribution in [0.25, 0.3) is 0 Å². The Morgan fingerprint density at radius 1 is 1.70 bits per heavy atom. The van der Waals surface area contributed by atoms with Crippen LogP contribution in [-0.4, -0.2) is 18.9 Å². The molecular formula is C6H12N2O2. The zero-order valence-corrected chi connectivity index (χ0v) is 6.47. The maximum Gasteiger partial charge on any atom is 0.225 e. The van der Waals surface area contributed by atoms with Crippen LogP contribution in [0.3, 0.4) is 0 Å². The molecule has 0 unspecified atom stereocenters. The number of hydrogen-bond acceptors (Lipinski definition) is 3. The van der Waals surface area contributed by atoms with Crippen LogP contribution in [-0.2, 0) is 9.63 Å². The van der Waals surface area contributed by atoms with E-state index < -0.39 is 0 Å². The Bertz CT molecular complexity index is 143. The molecule has 0 saturated carbocycles. The minimum Gasteiger partial charge on any atom is -0.398 e. The smallest absolute Gasteiger partial charge is 0.225 e. The van der Waals surface area contributed by atoms with Crippen molar-refractivity contribution in [2.75, 3.05) is 7.11 Å². The van der Waals surface area contributed by atoms with Crippen LogP contribution in [0.5, 0.6) is 0 Å². The number of amides is 1. The summed E-state index contributed by atoms with van der Waals surface area (Å²) in [5.41, 5.74) is 0. The average molecular weight is 144 g/mol. The number of carbonyl (C=O) groups excluding carboxylic acids is 1. The molecule has 0 saturated heterocycles. The largest absolute Gasteiger partial charge is 0.398 e. The van der Waals surface area contributed by atoms with E-state index in [4.69, 9.17) is 0 Å². The third-order valence-corrected chi connectivity index (χ3v) is 0.870. The summed E-state index contributed by atoms with van der Waals surface area (Å²) >= 11 is 0. The SMILES string of the molecule is CCC(=O)N/C(C)=N/OC. The molecule has 10 heavy (non-hydrogen) atoms. The number of amidine groups is 1. The molecule has 0 rings (SSSR count). The summed E-state index contributed by atoms with van der Waals surface area (Å²) in [5.74, 6) is 0.424. The summed E-state index contributed by atoms with van der Waals surface area (Å²) in [6, 6.07) is 0. The van der Waals surface area contributed by atoms with Gasteiger partial charge in [0.2, 0.25) is 5.91 Å². The Kier molecular flexibility index (Phi) is 4.28. The molecule has 0 aliphatic heterocycles. The first kappa shape index (κ1) is 8.94. The minimum absolute atomic E-state index is 0.0571. The second-order valence-electron chi connectivity index (χ2n) is 1.76. The van der Waals surface area contributed by atoms with Gasteiger partial charge in [-0.3, -0.25) is 4.79 Å². The Morgan fingerprint density at radius 2 is 2.30 bits per heavy atom. The van der Waals surface area contributed by atoms with Crippen LogP contribution in [0.2, 0.25) is 0 Å². The van der Waals surface area contributed by atoms with E-state index in [0.717, 1.165) is 0 Å². The predicted molar refractivity (Wildman–Crippen MR) is 38.6 cm³/mol. The average Bonchev–Trinajstić information content (AvgIpc) is 1.88. The summed E-state index contributed by atoms with van der Waals surface area (Å²) in [6.07, 6.45) is 0.455. The maximum absolute atomic E-state index is 10.6. The first-order valence-corrected chi connectivity index (χ1v) is 3.08. The van der Waals surface area contributed by atoms with Crippen LogP contribution in [0.4, 0.5) is 0 Å². The van der Waals surface area contributed by atoms with E-state index in [9.17, 15) is 4.79 Å². The zero-order valence-electron chi connectivity index (χ0n) is 6.47. The second-order valence-corrected chi connectivity index (χ2v) is 1.76. The first-order chi connectivity index (χ1) is 4.70. The van der Waals surface area contributed by atoms with Crippen molar-refractivity contribution in [2.45, 2.75) is 20.3 Å². The predicted octanol–water partition coefficient (Wildman–Crippen LogP) is 0.492. The molecule has 0 aromatic heterocycles. The molecule has 0 atom stereocenters. The highest BCUT2D eigenvalue weighted by Gasteiger charge is 1.96. The van der Waals surface area contributed by atoms with Gasteiger partial charge >= 0.3 is 0 Å². The van der Waals surface area contributed by atoms with Crippen LogP contribution < -0.4 is 5.32 Å². The van der Waals surface area contributed by atoms with Gasteiger partial charge in [-0.25, -0.2) is 0 Å². The quantitative estimate of drug-likeness (QED) is 0.348. The molecule has 0 bridgehead atoms. The highest BCUT2D eigenvalue weighted by molar-refractivity contribution is 5.96. The molecule has 0 radical (unpaired) electrons. The number of hydrogen-bond donors (Lipinski definition) is 1. The number of oxime groups is 1. The van der Waals surface area contributed by atoms with E-state index in [1.165, 1.54) is 7.11 Å². The molecule has 1 amide bonds. The van der Waals surface area contributed by atoms with Gasteiger partial charge in [-0.15, -0.1) is 0 Å². The molecule has 58 valence electrons. The molecule has 0 aliphatic rings. The van der Waals surface area contributed by atoms with E-state index in [-0.39, 0.29) is 5.91 Å². The molecular weight excluding hydrogens is 132 g/mol. The fourth-order valence-electron chi connectivity index (χ4n) is 0.450. The summed E-state index contributed by atoms with van der Waals surface area (Å²) in [5, 5.41) is 6.01. The van der Waals surface area contributed by atoms with E-state index >= 15 is 0 Å². The van der Waals surface area contributed by atoms with E-state index in [1.807, 2.05) is 0 Å². The van der Waals surface area contributed by atoms with E-state index in [2.05, 4.69) is 15.3 Å². The molecule has 0 spiro atoms. The molecule has 0 fully saturated rings. The number of nitrogens with one attached hydrogen (secondary N) is 1. The fourth-order valence-corrected chi connectivity index (χ4v) is 0.450. The molecule has 0 heterocycles. The van der Waals surface area contributed by atoms with Crippen molar-refractivity contribution in [3.8, 4) is 0 Å². The summed E-state index contributed by atoms with van der Waals surface area (Å²) < 4.78 is 0. The van der Waals surface area contributed by atoms with Crippen molar-refractivity contribution in [3.63, 3.8) is 0 Å². The lowest BCUT2D eigenvalue weighted by Crippen LogP contribution is -2.27. The van der Waals surface area contributed by atoms with Crippen LogP contribution in [0.15, 0.2) is 5.16 Å². The first-order valence-electron chi connectivity index (χ1n) is 3.08. The summed E-state index contributed by atoms with van der Waals surface area (Å²) in [6.45, 7) is 3.44. The lowest BCUT2D eigenvalue weighted by atomic mass is 10.4. The van der Waals surface area contributed by atoms with Gasteiger partial charge in [0.05, 0.1) is 0 Å². The van der Waals surface area contributed by atoms with Crippen molar-refractivity contribution in [3.05, 3.63) is 0 Å². The van der Waals surface area contributed by atoms with Crippen molar-refractivity contribution in [2.24, 2.45) is 5.16 Å². The summed E-state index contributed by atoms with van der Waals surface area (Å²) in [7, 11) is 1.43. The van der Waals surface area contributed by atoms with Gasteiger partial charge in [-0.2, -0.15) is 0 Å². The molecule has 4 nitrogen and oxygen atoms in total. The third-order valence-electron chi connectivity index (χ3n) is 0.870. The Hall–Kier alpha value is -1.06. The van der Waals surface area contributed by atoms with Crippen LogP contribution in [0.1, 0.15) is 20.3 Å². The van der Waals surface area contributed by atoms with Gasteiger partial charge in [0.25, 0.3) is 0 Å². The van der Waals surface area contributed by atoms with Crippen molar-refractivity contribution in [1.82, 2.24) is 5.32 Å². The molecule has 1 N–H and O–H groups in total. The van der Waals surface area contributed by atoms with Gasteiger partial charge in [-0.1, -0.05) is 12.1 Å². The Labute approximate surface area is 60.2 Å². The Balaban J connectivity index is 3.67. The van der Waals surface area contributed by atoms with Gasteiger partial charge in [0.15, 0.2) is 0 Å². The highest BCUT2D eigenvalue weighted by Crippen LogP contribution is 1.77. The van der Waals surface area contributed by atoms with Crippen LogP contribution in [0, 0.1) is 0 Å². The topological polar surface area (TPSA) is 50.7 Å². The monoisotopic (exact) mass is 144 g/mol. The van der Waals surface area contributed by atoms with Crippen molar-refractivity contribution in [1.29, 1.82) is 0 Å². The Morgan fingerprint density at radius 3 is 2.70 bits per heavy atom. The highest BCUT2D eigenvalue weighted by atomic mass is 16.6. The van der Waals surface area contributed by atoms with Crippen molar-refractivity contribution < 1.29 is 9.63 Å². The molecule has 0 aliphatic carbocycles. The lowest BCUT2D eigenvalue weighted by molar-refractivity contribution is -0.119. The van der Waals surface area contributed by atoms with Gasteiger partial charge in [0, 0.05) is 6.42 Å². The maximum atomic E-state index is 10.6. The van der Waals surface area contributed by atoms with Gasteiger partial charge in [-0.05, 0) is 6.92 Å². The third kappa shape index (κ3) is 3.88. The number of rotatable bonds is 2. The second kappa shape index (κ2) is 4.78. The van der Waals surface area contributed by atoms with E-state index in [0.29, 0.717) is 12.3 Å².